The molecule has 0 aliphatic carbocycles. The van der Waals surface area contributed by atoms with Gasteiger partial charge in [0.2, 0.25) is 0 Å². The maximum atomic E-state index is 5.40. The van der Waals surface area contributed by atoms with Crippen LogP contribution in [-0.4, -0.2) is 19.5 Å². The third kappa shape index (κ3) is 1.50. The van der Waals surface area contributed by atoms with E-state index in [1.54, 1.807) is 0 Å². The van der Waals surface area contributed by atoms with Crippen LogP contribution in [0.2, 0.25) is 0 Å². The van der Waals surface area contributed by atoms with Crippen LogP contribution in [0, 0.1) is 5.41 Å². The average Bonchev–Trinajstić information content (AvgIpc) is 2.13. The SMILES string of the molecule is CCOC1OCCC1(C)C. The predicted octanol–water partition coefficient (Wildman–Crippen LogP) is 1.80. The van der Waals surface area contributed by atoms with E-state index < -0.39 is 0 Å². The minimum atomic E-state index is 0.0255. The fraction of sp³-hybridized carbons (Fsp3) is 1.00. The van der Waals surface area contributed by atoms with Gasteiger partial charge in [-0.3, -0.25) is 0 Å². The van der Waals surface area contributed by atoms with Crippen molar-refractivity contribution in [3.8, 4) is 0 Å². The van der Waals surface area contributed by atoms with E-state index in [4.69, 9.17) is 9.47 Å². The third-order valence-corrected chi connectivity index (χ3v) is 1.97. The Bertz CT molecular complexity index is 110. The Kier molecular flexibility index (Phi) is 2.32. The first-order valence-electron chi connectivity index (χ1n) is 3.90. The van der Waals surface area contributed by atoms with Crippen molar-refractivity contribution >= 4 is 0 Å². The highest BCUT2D eigenvalue weighted by molar-refractivity contribution is 4.77. The predicted molar refractivity (Wildman–Crippen MR) is 39.8 cm³/mol. The van der Waals surface area contributed by atoms with Crippen molar-refractivity contribution in [2.75, 3.05) is 13.2 Å². The molecule has 1 rings (SSSR count). The van der Waals surface area contributed by atoms with Crippen molar-refractivity contribution < 1.29 is 9.47 Å². The number of hydrogen-bond acceptors (Lipinski definition) is 2. The van der Waals surface area contributed by atoms with Crippen LogP contribution in [0.5, 0.6) is 0 Å². The van der Waals surface area contributed by atoms with E-state index >= 15 is 0 Å². The van der Waals surface area contributed by atoms with Crippen molar-refractivity contribution in [3.63, 3.8) is 0 Å². The van der Waals surface area contributed by atoms with Crippen LogP contribution in [0.25, 0.3) is 0 Å². The lowest BCUT2D eigenvalue weighted by Gasteiger charge is -2.24. The lowest BCUT2D eigenvalue weighted by molar-refractivity contribution is -0.148. The maximum absolute atomic E-state index is 5.40. The van der Waals surface area contributed by atoms with Crippen LogP contribution in [-0.2, 0) is 9.47 Å². The Morgan fingerprint density at radius 2 is 2.30 bits per heavy atom. The molecule has 1 heterocycles. The maximum Gasteiger partial charge on any atom is 0.162 e. The van der Waals surface area contributed by atoms with E-state index in [9.17, 15) is 0 Å². The monoisotopic (exact) mass is 144 g/mol. The molecular weight excluding hydrogens is 128 g/mol. The molecule has 1 saturated heterocycles. The van der Waals surface area contributed by atoms with Crippen molar-refractivity contribution in [1.29, 1.82) is 0 Å². The smallest absolute Gasteiger partial charge is 0.162 e. The molecule has 0 N–H and O–H groups in total. The lowest BCUT2D eigenvalue weighted by atomic mass is 9.91. The van der Waals surface area contributed by atoms with Gasteiger partial charge in [0.25, 0.3) is 0 Å². The molecule has 0 aromatic heterocycles. The number of ether oxygens (including phenoxy) is 2. The summed E-state index contributed by atoms with van der Waals surface area (Å²) in [6, 6.07) is 0. The molecular formula is C8H16O2. The fourth-order valence-electron chi connectivity index (χ4n) is 1.20. The topological polar surface area (TPSA) is 18.5 Å². The first-order valence-corrected chi connectivity index (χ1v) is 3.90. The quantitative estimate of drug-likeness (QED) is 0.588. The van der Waals surface area contributed by atoms with E-state index in [0.29, 0.717) is 0 Å². The van der Waals surface area contributed by atoms with Crippen LogP contribution in [0.1, 0.15) is 27.2 Å². The van der Waals surface area contributed by atoms with Crippen LogP contribution in [0.15, 0.2) is 0 Å². The summed E-state index contributed by atoms with van der Waals surface area (Å²) < 4.78 is 10.8. The van der Waals surface area contributed by atoms with Crippen molar-refractivity contribution in [2.24, 2.45) is 5.41 Å². The molecule has 0 bridgehead atoms. The fourth-order valence-corrected chi connectivity index (χ4v) is 1.20. The van der Waals surface area contributed by atoms with Gasteiger partial charge < -0.3 is 9.47 Å². The second kappa shape index (κ2) is 2.89. The minimum Gasteiger partial charge on any atom is -0.352 e. The van der Waals surface area contributed by atoms with Gasteiger partial charge in [0.05, 0.1) is 6.61 Å². The van der Waals surface area contributed by atoms with E-state index in [2.05, 4.69) is 13.8 Å². The summed E-state index contributed by atoms with van der Waals surface area (Å²) in [4.78, 5) is 0. The molecule has 0 saturated carbocycles. The lowest BCUT2D eigenvalue weighted by Crippen LogP contribution is -2.27. The highest BCUT2D eigenvalue weighted by Crippen LogP contribution is 2.34. The first kappa shape index (κ1) is 8.02. The van der Waals surface area contributed by atoms with Gasteiger partial charge in [0, 0.05) is 12.0 Å². The largest absolute Gasteiger partial charge is 0.352 e. The number of hydrogen-bond donors (Lipinski definition) is 0. The zero-order chi connectivity index (χ0) is 7.61. The van der Waals surface area contributed by atoms with E-state index in [1.165, 1.54) is 0 Å². The summed E-state index contributed by atoms with van der Waals surface area (Å²) in [5.41, 5.74) is 0.218. The van der Waals surface area contributed by atoms with E-state index in [1.807, 2.05) is 6.92 Å². The molecule has 0 aromatic carbocycles. The van der Waals surface area contributed by atoms with Crippen molar-refractivity contribution in [3.05, 3.63) is 0 Å². The van der Waals surface area contributed by atoms with Crippen LogP contribution in [0.3, 0.4) is 0 Å². The summed E-state index contributed by atoms with van der Waals surface area (Å²) in [7, 11) is 0. The van der Waals surface area contributed by atoms with Crippen LogP contribution in [0.4, 0.5) is 0 Å². The van der Waals surface area contributed by atoms with Gasteiger partial charge in [-0.15, -0.1) is 0 Å². The average molecular weight is 144 g/mol. The van der Waals surface area contributed by atoms with Gasteiger partial charge in [0.1, 0.15) is 0 Å². The molecule has 0 amide bonds. The summed E-state index contributed by atoms with van der Waals surface area (Å²) >= 11 is 0. The zero-order valence-electron chi connectivity index (χ0n) is 7.02. The molecule has 1 fully saturated rings. The Morgan fingerprint density at radius 1 is 1.60 bits per heavy atom. The second-order valence-corrected chi connectivity index (χ2v) is 3.40. The summed E-state index contributed by atoms with van der Waals surface area (Å²) in [5.74, 6) is 0. The molecule has 0 aromatic rings. The summed E-state index contributed by atoms with van der Waals surface area (Å²) in [6.07, 6.45) is 1.13. The zero-order valence-corrected chi connectivity index (χ0v) is 7.02. The van der Waals surface area contributed by atoms with Gasteiger partial charge in [0.15, 0.2) is 6.29 Å². The number of rotatable bonds is 2. The third-order valence-electron chi connectivity index (χ3n) is 1.97. The highest BCUT2D eigenvalue weighted by atomic mass is 16.7. The molecule has 0 radical (unpaired) electrons. The minimum absolute atomic E-state index is 0.0255. The van der Waals surface area contributed by atoms with Crippen molar-refractivity contribution in [1.82, 2.24) is 0 Å². The Balaban J connectivity index is 2.43. The molecule has 1 aliphatic rings. The summed E-state index contributed by atoms with van der Waals surface area (Å²) in [6.45, 7) is 7.95. The summed E-state index contributed by atoms with van der Waals surface area (Å²) in [5, 5.41) is 0. The Morgan fingerprint density at radius 3 is 2.70 bits per heavy atom. The molecule has 60 valence electrons. The standard InChI is InChI=1S/C8H16O2/c1-4-9-7-8(2,3)5-6-10-7/h7H,4-6H2,1-3H3. The van der Waals surface area contributed by atoms with E-state index in [0.717, 1.165) is 19.6 Å². The first-order chi connectivity index (χ1) is 4.67. The molecule has 1 unspecified atom stereocenters. The Labute approximate surface area is 62.5 Å². The van der Waals surface area contributed by atoms with Gasteiger partial charge in [-0.05, 0) is 13.3 Å². The molecule has 1 aliphatic heterocycles. The van der Waals surface area contributed by atoms with Gasteiger partial charge in [-0.25, -0.2) is 0 Å². The van der Waals surface area contributed by atoms with Gasteiger partial charge >= 0.3 is 0 Å². The van der Waals surface area contributed by atoms with Gasteiger partial charge in [-0.1, -0.05) is 13.8 Å². The van der Waals surface area contributed by atoms with E-state index in [-0.39, 0.29) is 11.7 Å². The molecule has 10 heavy (non-hydrogen) atoms. The van der Waals surface area contributed by atoms with Crippen molar-refractivity contribution in [2.45, 2.75) is 33.5 Å². The Hall–Kier alpha value is -0.0800. The highest BCUT2D eigenvalue weighted by Gasteiger charge is 2.35. The molecule has 0 spiro atoms. The van der Waals surface area contributed by atoms with Crippen LogP contribution < -0.4 is 0 Å². The normalized spacial score (nSPS) is 30.9. The molecule has 2 heteroatoms. The molecule has 2 nitrogen and oxygen atoms in total. The van der Waals surface area contributed by atoms with Crippen LogP contribution >= 0.6 is 0 Å². The second-order valence-electron chi connectivity index (χ2n) is 3.40. The molecule has 1 atom stereocenters. The van der Waals surface area contributed by atoms with Gasteiger partial charge in [-0.2, -0.15) is 0 Å².